The summed E-state index contributed by atoms with van der Waals surface area (Å²) in [5.74, 6) is -1.58. The van der Waals surface area contributed by atoms with Crippen molar-refractivity contribution in [2.24, 2.45) is 0 Å². The van der Waals surface area contributed by atoms with E-state index in [1.807, 2.05) is 19.1 Å². The lowest BCUT2D eigenvalue weighted by atomic mass is 10.1. The summed E-state index contributed by atoms with van der Waals surface area (Å²) in [4.78, 5) is 23.9. The summed E-state index contributed by atoms with van der Waals surface area (Å²) < 4.78 is 0. The standard InChI is InChI=1S/C16H14Cl2N2O2/c1-2-10-5-3-4-6-13(10)19-15(21)16(22)20-14-9-11(17)7-8-12(14)18/h3-9H,2H2,1H3,(H,19,21)(H,20,22). The normalized spacial score (nSPS) is 10.1. The summed E-state index contributed by atoms with van der Waals surface area (Å²) in [6, 6.07) is 11.9. The molecule has 2 N–H and O–H groups in total. The van der Waals surface area contributed by atoms with Gasteiger partial charge in [-0.05, 0) is 36.2 Å². The zero-order chi connectivity index (χ0) is 16.1. The highest BCUT2D eigenvalue weighted by atomic mass is 35.5. The number of hydrogen-bond donors (Lipinski definition) is 2. The molecule has 0 fully saturated rings. The molecule has 0 radical (unpaired) electrons. The van der Waals surface area contributed by atoms with Gasteiger partial charge in [0, 0.05) is 10.7 Å². The van der Waals surface area contributed by atoms with Crippen LogP contribution in [-0.4, -0.2) is 11.8 Å². The molecule has 2 aromatic rings. The Labute approximate surface area is 138 Å². The molecule has 0 aliphatic carbocycles. The highest BCUT2D eigenvalue weighted by Crippen LogP contribution is 2.25. The van der Waals surface area contributed by atoms with Crippen LogP contribution < -0.4 is 10.6 Å². The van der Waals surface area contributed by atoms with Gasteiger partial charge < -0.3 is 10.6 Å². The first-order valence-electron chi connectivity index (χ1n) is 6.66. The molecule has 2 rings (SSSR count). The van der Waals surface area contributed by atoms with Gasteiger partial charge in [0.2, 0.25) is 0 Å². The van der Waals surface area contributed by atoms with Gasteiger partial charge in [0.1, 0.15) is 0 Å². The molecule has 2 amide bonds. The molecule has 114 valence electrons. The van der Waals surface area contributed by atoms with Crippen LogP contribution in [-0.2, 0) is 16.0 Å². The van der Waals surface area contributed by atoms with Crippen LogP contribution in [0.25, 0.3) is 0 Å². The van der Waals surface area contributed by atoms with Crippen molar-refractivity contribution in [3.8, 4) is 0 Å². The molecule has 0 bridgehead atoms. The molecule has 6 heteroatoms. The van der Waals surface area contributed by atoms with Gasteiger partial charge in [-0.2, -0.15) is 0 Å². The second kappa shape index (κ2) is 7.29. The first-order valence-corrected chi connectivity index (χ1v) is 7.42. The van der Waals surface area contributed by atoms with Crippen LogP contribution in [0.15, 0.2) is 42.5 Å². The smallest absolute Gasteiger partial charge is 0.314 e. The molecule has 0 saturated heterocycles. The van der Waals surface area contributed by atoms with Crippen molar-refractivity contribution >= 4 is 46.4 Å². The Morgan fingerprint density at radius 3 is 2.27 bits per heavy atom. The Bertz CT molecular complexity index is 717. The molecule has 0 saturated carbocycles. The minimum atomic E-state index is -0.810. The van der Waals surface area contributed by atoms with Crippen LogP contribution >= 0.6 is 23.2 Å². The molecule has 0 aliphatic heterocycles. The van der Waals surface area contributed by atoms with E-state index >= 15 is 0 Å². The van der Waals surface area contributed by atoms with Gasteiger partial charge in [-0.1, -0.05) is 48.3 Å². The Morgan fingerprint density at radius 2 is 1.59 bits per heavy atom. The average Bonchev–Trinajstić information content (AvgIpc) is 2.51. The third-order valence-electron chi connectivity index (χ3n) is 3.03. The second-order valence-electron chi connectivity index (χ2n) is 4.54. The van der Waals surface area contributed by atoms with Gasteiger partial charge in [-0.3, -0.25) is 9.59 Å². The monoisotopic (exact) mass is 336 g/mol. The van der Waals surface area contributed by atoms with Gasteiger partial charge in [0.05, 0.1) is 10.7 Å². The molecule has 22 heavy (non-hydrogen) atoms. The van der Waals surface area contributed by atoms with Crippen molar-refractivity contribution < 1.29 is 9.59 Å². The minimum absolute atomic E-state index is 0.290. The quantitative estimate of drug-likeness (QED) is 0.828. The van der Waals surface area contributed by atoms with E-state index in [2.05, 4.69) is 10.6 Å². The molecule has 2 aromatic carbocycles. The molecule has 0 heterocycles. The van der Waals surface area contributed by atoms with Gasteiger partial charge in [0.15, 0.2) is 0 Å². The SMILES string of the molecule is CCc1ccccc1NC(=O)C(=O)Nc1cc(Cl)ccc1Cl. The first kappa shape index (κ1) is 16.3. The number of carbonyl (C=O) groups excluding carboxylic acids is 2. The summed E-state index contributed by atoms with van der Waals surface area (Å²) in [5, 5.41) is 5.75. The maximum absolute atomic E-state index is 12.0. The molecular formula is C16H14Cl2N2O2. The molecule has 0 spiro atoms. The highest BCUT2D eigenvalue weighted by Gasteiger charge is 2.16. The molecule has 0 atom stereocenters. The van der Waals surface area contributed by atoms with Crippen molar-refractivity contribution in [2.45, 2.75) is 13.3 Å². The molecular weight excluding hydrogens is 323 g/mol. The Morgan fingerprint density at radius 1 is 0.955 bits per heavy atom. The van der Waals surface area contributed by atoms with E-state index in [0.29, 0.717) is 15.7 Å². The third-order valence-corrected chi connectivity index (χ3v) is 3.59. The van der Waals surface area contributed by atoms with E-state index in [9.17, 15) is 9.59 Å². The van der Waals surface area contributed by atoms with Crippen molar-refractivity contribution in [2.75, 3.05) is 10.6 Å². The highest BCUT2D eigenvalue weighted by molar-refractivity contribution is 6.45. The summed E-state index contributed by atoms with van der Waals surface area (Å²) in [7, 11) is 0. The van der Waals surface area contributed by atoms with Crippen LogP contribution in [0.2, 0.25) is 10.0 Å². The minimum Gasteiger partial charge on any atom is -0.318 e. The fourth-order valence-corrected chi connectivity index (χ4v) is 2.24. The predicted molar refractivity (Wildman–Crippen MR) is 89.5 cm³/mol. The lowest BCUT2D eigenvalue weighted by molar-refractivity contribution is -0.133. The number of anilines is 2. The van der Waals surface area contributed by atoms with Crippen LogP contribution in [0.3, 0.4) is 0 Å². The summed E-state index contributed by atoms with van der Waals surface area (Å²) in [5.41, 5.74) is 1.85. The van der Waals surface area contributed by atoms with Crippen LogP contribution in [0.1, 0.15) is 12.5 Å². The Kier molecular flexibility index (Phi) is 5.41. The molecule has 4 nitrogen and oxygen atoms in total. The summed E-state index contributed by atoms with van der Waals surface area (Å²) in [6.45, 7) is 1.97. The number of carbonyl (C=O) groups is 2. The van der Waals surface area contributed by atoms with E-state index in [0.717, 1.165) is 12.0 Å². The fourth-order valence-electron chi connectivity index (χ4n) is 1.90. The second-order valence-corrected chi connectivity index (χ2v) is 5.39. The topological polar surface area (TPSA) is 58.2 Å². The van der Waals surface area contributed by atoms with Crippen LogP contribution in [0, 0.1) is 0 Å². The number of amides is 2. The van der Waals surface area contributed by atoms with Gasteiger partial charge in [-0.15, -0.1) is 0 Å². The summed E-state index contributed by atoms with van der Waals surface area (Å²) >= 11 is 11.8. The van der Waals surface area contributed by atoms with Gasteiger partial charge in [0.25, 0.3) is 0 Å². The van der Waals surface area contributed by atoms with Gasteiger partial charge in [-0.25, -0.2) is 0 Å². The average molecular weight is 337 g/mol. The van der Waals surface area contributed by atoms with E-state index in [4.69, 9.17) is 23.2 Å². The number of rotatable bonds is 3. The van der Waals surface area contributed by atoms with Crippen molar-refractivity contribution in [3.63, 3.8) is 0 Å². The number of benzene rings is 2. The van der Waals surface area contributed by atoms with Crippen molar-refractivity contribution in [1.82, 2.24) is 0 Å². The zero-order valence-corrected chi connectivity index (χ0v) is 13.3. The van der Waals surface area contributed by atoms with Crippen molar-refractivity contribution in [1.29, 1.82) is 0 Å². The summed E-state index contributed by atoms with van der Waals surface area (Å²) in [6.07, 6.45) is 0.748. The lowest BCUT2D eigenvalue weighted by Gasteiger charge is -2.10. The largest absolute Gasteiger partial charge is 0.318 e. The predicted octanol–water partition coefficient (Wildman–Crippen LogP) is 4.13. The van der Waals surface area contributed by atoms with Crippen molar-refractivity contribution in [3.05, 3.63) is 58.1 Å². The molecule has 0 aromatic heterocycles. The maximum atomic E-state index is 12.0. The number of para-hydroxylation sites is 1. The Balaban J connectivity index is 2.09. The number of nitrogens with one attached hydrogen (secondary N) is 2. The number of aryl methyl sites for hydroxylation is 1. The fraction of sp³-hybridized carbons (Fsp3) is 0.125. The van der Waals surface area contributed by atoms with E-state index in [1.165, 1.54) is 6.07 Å². The first-order chi connectivity index (χ1) is 10.5. The molecule has 0 aliphatic rings. The Hall–Kier alpha value is -2.04. The molecule has 0 unspecified atom stereocenters. The zero-order valence-electron chi connectivity index (χ0n) is 11.8. The maximum Gasteiger partial charge on any atom is 0.314 e. The number of halogens is 2. The lowest BCUT2D eigenvalue weighted by Crippen LogP contribution is -2.29. The van der Waals surface area contributed by atoms with Gasteiger partial charge >= 0.3 is 11.8 Å². The van der Waals surface area contributed by atoms with Crippen LogP contribution in [0.4, 0.5) is 11.4 Å². The van der Waals surface area contributed by atoms with E-state index in [-0.39, 0.29) is 5.69 Å². The van der Waals surface area contributed by atoms with Crippen LogP contribution in [0.5, 0.6) is 0 Å². The van der Waals surface area contributed by atoms with E-state index < -0.39 is 11.8 Å². The third kappa shape index (κ3) is 4.00. The number of hydrogen-bond acceptors (Lipinski definition) is 2. The van der Waals surface area contributed by atoms with E-state index in [1.54, 1.807) is 24.3 Å².